The predicted molar refractivity (Wildman–Crippen MR) is 114 cm³/mol. The fraction of sp³-hybridized carbons (Fsp3) is 0.783. The number of carbonyl (C=O) groups is 1. The molecule has 4 atom stereocenters. The van der Waals surface area contributed by atoms with Gasteiger partial charge in [-0.25, -0.2) is 0 Å². The zero-order chi connectivity index (χ0) is 20.6. The van der Waals surface area contributed by atoms with Crippen LogP contribution in [0.1, 0.15) is 77.6 Å². The van der Waals surface area contributed by atoms with Crippen LogP contribution in [0.3, 0.4) is 0 Å². The first-order valence-corrected chi connectivity index (χ1v) is 11.1. The molecular formula is C23H41NO4. The van der Waals surface area contributed by atoms with Crippen LogP contribution in [0.2, 0.25) is 0 Å². The van der Waals surface area contributed by atoms with Gasteiger partial charge in [0.1, 0.15) is 0 Å². The Morgan fingerprint density at radius 1 is 1.11 bits per heavy atom. The van der Waals surface area contributed by atoms with Gasteiger partial charge >= 0.3 is 0 Å². The molecule has 4 N–H and O–H groups in total. The number of primary amides is 1. The molecule has 0 heterocycles. The van der Waals surface area contributed by atoms with Crippen LogP contribution < -0.4 is 5.73 Å². The van der Waals surface area contributed by atoms with E-state index in [1.165, 1.54) is 0 Å². The van der Waals surface area contributed by atoms with Crippen LogP contribution in [-0.4, -0.2) is 41.5 Å². The normalized spacial score (nSPS) is 25.2. The summed E-state index contributed by atoms with van der Waals surface area (Å²) in [6, 6.07) is 0. The van der Waals surface area contributed by atoms with E-state index in [4.69, 9.17) is 15.6 Å². The third-order valence-electron chi connectivity index (χ3n) is 5.43. The Kier molecular flexibility index (Phi) is 14.0. The SMILES string of the molecule is CCCO[C@@H]1C[C@H](O)C(C/C=C\CCCC(N)=O)[C@H]1/C=C/CCCCCCO. The van der Waals surface area contributed by atoms with Gasteiger partial charge in [-0.15, -0.1) is 0 Å². The van der Waals surface area contributed by atoms with Gasteiger partial charge in [0.15, 0.2) is 0 Å². The quantitative estimate of drug-likeness (QED) is 0.273. The number of allylic oxidation sites excluding steroid dienone is 3. The molecule has 0 aromatic carbocycles. The summed E-state index contributed by atoms with van der Waals surface area (Å²) in [6.07, 6.45) is 18.3. The fourth-order valence-electron chi connectivity index (χ4n) is 3.88. The lowest BCUT2D eigenvalue weighted by Gasteiger charge is -2.22. The molecule has 1 rings (SSSR count). The standard InChI is InChI=1S/C23H41NO4/c1-2-17-28-22-18-21(26)19(13-9-6-7-11-15-23(24)27)20(22)14-10-5-3-4-8-12-16-25/h6,9-10,14,19-22,25-26H,2-5,7-8,11-13,15-18H2,1H3,(H2,24,27)/b9-6-,14-10+/t19?,20-,21+,22-/m1/s1. The van der Waals surface area contributed by atoms with E-state index >= 15 is 0 Å². The summed E-state index contributed by atoms with van der Waals surface area (Å²) in [5.41, 5.74) is 5.16. The van der Waals surface area contributed by atoms with Gasteiger partial charge in [-0.2, -0.15) is 0 Å². The van der Waals surface area contributed by atoms with Gasteiger partial charge in [0.05, 0.1) is 12.2 Å². The molecule has 28 heavy (non-hydrogen) atoms. The van der Waals surface area contributed by atoms with Crippen molar-refractivity contribution >= 4 is 5.91 Å². The molecule has 1 aliphatic carbocycles. The topological polar surface area (TPSA) is 92.8 Å². The highest BCUT2D eigenvalue weighted by atomic mass is 16.5. The van der Waals surface area contributed by atoms with Crippen molar-refractivity contribution in [3.63, 3.8) is 0 Å². The van der Waals surface area contributed by atoms with E-state index < -0.39 is 0 Å². The highest BCUT2D eigenvalue weighted by molar-refractivity contribution is 5.73. The number of rotatable bonds is 16. The van der Waals surface area contributed by atoms with Gasteiger partial charge in [-0.1, -0.05) is 44.1 Å². The number of nitrogens with two attached hydrogens (primary N) is 1. The summed E-state index contributed by atoms with van der Waals surface area (Å²) in [5.74, 6) is 0.172. The number of aliphatic hydroxyl groups excluding tert-OH is 2. The van der Waals surface area contributed by atoms with Crippen molar-refractivity contribution in [3.8, 4) is 0 Å². The molecule has 0 bridgehead atoms. The number of carbonyl (C=O) groups excluding carboxylic acids is 1. The molecule has 0 aromatic heterocycles. The second-order valence-electron chi connectivity index (χ2n) is 7.87. The lowest BCUT2D eigenvalue weighted by Crippen LogP contribution is -2.22. The maximum Gasteiger partial charge on any atom is 0.217 e. The predicted octanol–water partition coefficient (Wildman–Crippen LogP) is 3.88. The van der Waals surface area contributed by atoms with E-state index in [2.05, 4.69) is 31.2 Å². The molecule has 1 fully saturated rings. The van der Waals surface area contributed by atoms with Crippen molar-refractivity contribution < 1.29 is 19.7 Å². The summed E-state index contributed by atoms with van der Waals surface area (Å²) in [4.78, 5) is 10.8. The number of ether oxygens (including phenoxy) is 1. The van der Waals surface area contributed by atoms with Gasteiger partial charge in [0.25, 0.3) is 0 Å². The summed E-state index contributed by atoms with van der Waals surface area (Å²) in [7, 11) is 0. The highest BCUT2D eigenvalue weighted by Gasteiger charge is 2.40. The zero-order valence-corrected chi connectivity index (χ0v) is 17.6. The van der Waals surface area contributed by atoms with E-state index in [9.17, 15) is 9.90 Å². The summed E-state index contributed by atoms with van der Waals surface area (Å²) < 4.78 is 6.03. The summed E-state index contributed by atoms with van der Waals surface area (Å²) in [5, 5.41) is 19.4. The Hall–Kier alpha value is -1.17. The van der Waals surface area contributed by atoms with Crippen LogP contribution in [0.5, 0.6) is 0 Å². The number of hydrogen-bond donors (Lipinski definition) is 3. The number of unbranched alkanes of at least 4 members (excludes halogenated alkanes) is 5. The molecule has 0 aromatic rings. The van der Waals surface area contributed by atoms with Gasteiger partial charge < -0.3 is 20.7 Å². The lowest BCUT2D eigenvalue weighted by molar-refractivity contribution is -0.118. The number of aliphatic hydroxyl groups is 2. The molecule has 0 spiro atoms. The number of amides is 1. The molecule has 5 heteroatoms. The van der Waals surface area contributed by atoms with Gasteiger partial charge in [0.2, 0.25) is 5.91 Å². The lowest BCUT2D eigenvalue weighted by atomic mass is 9.89. The molecular weight excluding hydrogens is 354 g/mol. The second-order valence-corrected chi connectivity index (χ2v) is 7.87. The maximum absolute atomic E-state index is 10.8. The van der Waals surface area contributed by atoms with Crippen LogP contribution in [-0.2, 0) is 9.53 Å². The van der Waals surface area contributed by atoms with Gasteiger partial charge in [-0.05, 0) is 50.9 Å². The average Bonchev–Trinajstić information content (AvgIpc) is 2.96. The van der Waals surface area contributed by atoms with Crippen LogP contribution in [0, 0.1) is 11.8 Å². The van der Waals surface area contributed by atoms with Crippen molar-refractivity contribution in [2.45, 2.75) is 89.8 Å². The van der Waals surface area contributed by atoms with E-state index in [0.29, 0.717) is 12.8 Å². The molecule has 1 aliphatic rings. The fourth-order valence-corrected chi connectivity index (χ4v) is 3.88. The maximum atomic E-state index is 10.8. The minimum absolute atomic E-state index is 0.0915. The number of hydrogen-bond acceptors (Lipinski definition) is 4. The largest absolute Gasteiger partial charge is 0.396 e. The Morgan fingerprint density at radius 2 is 1.86 bits per heavy atom. The smallest absolute Gasteiger partial charge is 0.217 e. The van der Waals surface area contributed by atoms with Crippen LogP contribution in [0.15, 0.2) is 24.3 Å². The Balaban J connectivity index is 2.52. The van der Waals surface area contributed by atoms with Gasteiger partial charge in [-0.3, -0.25) is 4.79 Å². The van der Waals surface area contributed by atoms with Crippen molar-refractivity contribution in [3.05, 3.63) is 24.3 Å². The Morgan fingerprint density at radius 3 is 2.57 bits per heavy atom. The van der Waals surface area contributed by atoms with Crippen LogP contribution >= 0.6 is 0 Å². The molecule has 1 amide bonds. The first-order chi connectivity index (χ1) is 13.6. The van der Waals surface area contributed by atoms with E-state index in [0.717, 1.165) is 64.4 Å². The first-order valence-electron chi connectivity index (χ1n) is 11.1. The summed E-state index contributed by atoms with van der Waals surface area (Å²) in [6.45, 7) is 3.12. The Bertz CT molecular complexity index is 464. The molecule has 0 saturated heterocycles. The molecule has 0 radical (unpaired) electrons. The van der Waals surface area contributed by atoms with E-state index in [1.807, 2.05) is 0 Å². The van der Waals surface area contributed by atoms with Crippen molar-refractivity contribution in [1.29, 1.82) is 0 Å². The molecule has 1 saturated carbocycles. The third-order valence-corrected chi connectivity index (χ3v) is 5.43. The Labute approximate surface area is 171 Å². The third kappa shape index (κ3) is 10.4. The van der Waals surface area contributed by atoms with E-state index in [1.54, 1.807) is 0 Å². The van der Waals surface area contributed by atoms with E-state index in [-0.39, 0.29) is 36.6 Å². The molecule has 162 valence electrons. The average molecular weight is 396 g/mol. The highest BCUT2D eigenvalue weighted by Crippen LogP contribution is 2.38. The minimum atomic E-state index is -0.337. The van der Waals surface area contributed by atoms with Gasteiger partial charge in [0, 0.05) is 32.0 Å². The minimum Gasteiger partial charge on any atom is -0.396 e. The molecule has 0 aliphatic heterocycles. The summed E-state index contributed by atoms with van der Waals surface area (Å²) >= 11 is 0. The van der Waals surface area contributed by atoms with Crippen LogP contribution in [0.4, 0.5) is 0 Å². The molecule has 1 unspecified atom stereocenters. The zero-order valence-electron chi connectivity index (χ0n) is 17.6. The second kappa shape index (κ2) is 15.7. The molecule has 5 nitrogen and oxygen atoms in total. The van der Waals surface area contributed by atoms with Crippen molar-refractivity contribution in [2.24, 2.45) is 17.6 Å². The monoisotopic (exact) mass is 395 g/mol. The first kappa shape index (κ1) is 24.9. The van der Waals surface area contributed by atoms with Crippen LogP contribution in [0.25, 0.3) is 0 Å². The van der Waals surface area contributed by atoms with Crippen molar-refractivity contribution in [1.82, 2.24) is 0 Å². The van der Waals surface area contributed by atoms with Crippen molar-refractivity contribution in [2.75, 3.05) is 13.2 Å².